The number of para-hydroxylation sites is 1. The lowest BCUT2D eigenvalue weighted by molar-refractivity contribution is 1.10. The van der Waals surface area contributed by atoms with Crippen LogP contribution in [0.15, 0.2) is 73.1 Å². The maximum Gasteiger partial charge on any atom is 0.123 e. The van der Waals surface area contributed by atoms with Crippen LogP contribution in [0, 0.1) is 0 Å². The molecule has 0 amide bonds. The lowest BCUT2D eigenvalue weighted by Gasteiger charge is -2.06. The standard InChI is InChI=1S/C21H19N3/c1-2-15-7-9-17(10-8-15)24-14-19(16-11-12-23-21(22)13-16)18-5-3-4-6-20(18)24/h3-14H,2H2,1H3,(H2,22,23). The van der Waals surface area contributed by atoms with Crippen molar-refractivity contribution >= 4 is 16.7 Å². The van der Waals surface area contributed by atoms with Gasteiger partial charge in [0.25, 0.3) is 0 Å². The molecule has 0 fully saturated rings. The zero-order valence-electron chi connectivity index (χ0n) is 13.6. The van der Waals surface area contributed by atoms with E-state index in [1.165, 1.54) is 22.0 Å². The van der Waals surface area contributed by atoms with Crippen LogP contribution in [0.5, 0.6) is 0 Å². The van der Waals surface area contributed by atoms with Gasteiger partial charge in [-0.05, 0) is 47.9 Å². The van der Waals surface area contributed by atoms with Gasteiger partial charge in [-0.15, -0.1) is 0 Å². The van der Waals surface area contributed by atoms with E-state index in [2.05, 4.69) is 71.2 Å². The molecule has 0 saturated heterocycles. The normalized spacial score (nSPS) is 11.0. The van der Waals surface area contributed by atoms with Crippen molar-refractivity contribution in [3.63, 3.8) is 0 Å². The third-order valence-corrected chi connectivity index (χ3v) is 4.43. The van der Waals surface area contributed by atoms with Crippen LogP contribution in [-0.4, -0.2) is 9.55 Å². The summed E-state index contributed by atoms with van der Waals surface area (Å²) < 4.78 is 2.24. The van der Waals surface area contributed by atoms with E-state index in [1.807, 2.05) is 12.1 Å². The number of hydrogen-bond donors (Lipinski definition) is 1. The zero-order valence-corrected chi connectivity index (χ0v) is 13.6. The Kier molecular flexibility index (Phi) is 3.54. The summed E-state index contributed by atoms with van der Waals surface area (Å²) in [4.78, 5) is 4.10. The minimum absolute atomic E-state index is 0.539. The molecule has 3 heteroatoms. The van der Waals surface area contributed by atoms with E-state index in [1.54, 1.807) is 6.20 Å². The highest BCUT2D eigenvalue weighted by molar-refractivity contribution is 5.97. The van der Waals surface area contributed by atoms with Crippen LogP contribution in [0.4, 0.5) is 5.82 Å². The van der Waals surface area contributed by atoms with Crippen LogP contribution < -0.4 is 5.73 Å². The summed E-state index contributed by atoms with van der Waals surface area (Å²) in [6.07, 6.45) is 4.99. The molecule has 0 atom stereocenters. The van der Waals surface area contributed by atoms with Crippen molar-refractivity contribution in [2.75, 3.05) is 5.73 Å². The van der Waals surface area contributed by atoms with Crippen molar-refractivity contribution in [2.45, 2.75) is 13.3 Å². The van der Waals surface area contributed by atoms with Crippen LogP contribution in [0.25, 0.3) is 27.7 Å². The monoisotopic (exact) mass is 313 g/mol. The molecule has 0 aliphatic rings. The average Bonchev–Trinajstić information content (AvgIpc) is 3.01. The van der Waals surface area contributed by atoms with Crippen molar-refractivity contribution in [3.05, 3.63) is 78.6 Å². The molecule has 118 valence electrons. The number of pyridine rings is 1. The fraction of sp³-hybridized carbons (Fsp3) is 0.0952. The van der Waals surface area contributed by atoms with E-state index < -0.39 is 0 Å². The van der Waals surface area contributed by atoms with Crippen LogP contribution in [0.2, 0.25) is 0 Å². The molecule has 4 rings (SSSR count). The first-order valence-electron chi connectivity index (χ1n) is 8.17. The number of hydrogen-bond acceptors (Lipinski definition) is 2. The topological polar surface area (TPSA) is 43.8 Å². The number of rotatable bonds is 3. The SMILES string of the molecule is CCc1ccc(-n2cc(-c3ccnc(N)c3)c3ccccc32)cc1. The first-order valence-corrected chi connectivity index (χ1v) is 8.17. The van der Waals surface area contributed by atoms with Crippen molar-refractivity contribution in [1.29, 1.82) is 0 Å². The van der Waals surface area contributed by atoms with Gasteiger partial charge in [0.2, 0.25) is 0 Å². The number of anilines is 1. The lowest BCUT2D eigenvalue weighted by Crippen LogP contribution is -1.92. The van der Waals surface area contributed by atoms with Crippen molar-refractivity contribution in [3.8, 4) is 16.8 Å². The van der Waals surface area contributed by atoms with Gasteiger partial charge in [-0.2, -0.15) is 0 Å². The molecule has 0 radical (unpaired) electrons. The molecule has 4 aromatic rings. The first kappa shape index (κ1) is 14.5. The van der Waals surface area contributed by atoms with E-state index in [9.17, 15) is 0 Å². The van der Waals surface area contributed by atoms with E-state index in [-0.39, 0.29) is 0 Å². The summed E-state index contributed by atoms with van der Waals surface area (Å²) in [6.45, 7) is 2.17. The largest absolute Gasteiger partial charge is 0.384 e. The molecule has 2 aromatic heterocycles. The molecule has 0 unspecified atom stereocenters. The van der Waals surface area contributed by atoms with Gasteiger partial charge in [0.1, 0.15) is 5.82 Å². The van der Waals surface area contributed by atoms with E-state index >= 15 is 0 Å². The quantitative estimate of drug-likeness (QED) is 0.588. The Balaban J connectivity index is 1.93. The minimum Gasteiger partial charge on any atom is -0.384 e. The van der Waals surface area contributed by atoms with Crippen LogP contribution in [0.3, 0.4) is 0 Å². The summed E-state index contributed by atoms with van der Waals surface area (Å²) in [6, 6.07) is 21.1. The predicted octanol–water partition coefficient (Wildman–Crippen LogP) is 4.84. The number of nitrogens with zero attached hydrogens (tertiary/aromatic N) is 2. The Hall–Kier alpha value is -3.07. The smallest absolute Gasteiger partial charge is 0.123 e. The summed E-state index contributed by atoms with van der Waals surface area (Å²) in [5.74, 6) is 0.539. The Morgan fingerprint density at radius 3 is 2.54 bits per heavy atom. The molecule has 0 bridgehead atoms. The second kappa shape index (κ2) is 5.85. The molecule has 0 aliphatic heterocycles. The van der Waals surface area contributed by atoms with Gasteiger partial charge < -0.3 is 10.3 Å². The molecule has 24 heavy (non-hydrogen) atoms. The highest BCUT2D eigenvalue weighted by atomic mass is 15.0. The second-order valence-corrected chi connectivity index (χ2v) is 5.92. The first-order chi connectivity index (χ1) is 11.8. The maximum absolute atomic E-state index is 5.87. The number of nitrogen functional groups attached to an aromatic ring is 1. The van der Waals surface area contributed by atoms with Crippen LogP contribution in [0.1, 0.15) is 12.5 Å². The van der Waals surface area contributed by atoms with E-state index in [4.69, 9.17) is 5.73 Å². The zero-order chi connectivity index (χ0) is 16.5. The molecule has 0 saturated carbocycles. The molecule has 0 aliphatic carbocycles. The lowest BCUT2D eigenvalue weighted by atomic mass is 10.1. The number of aryl methyl sites for hydroxylation is 1. The van der Waals surface area contributed by atoms with Crippen LogP contribution >= 0.6 is 0 Å². The van der Waals surface area contributed by atoms with Crippen molar-refractivity contribution < 1.29 is 0 Å². The highest BCUT2D eigenvalue weighted by Crippen LogP contribution is 2.33. The van der Waals surface area contributed by atoms with Gasteiger partial charge in [0, 0.05) is 29.0 Å². The van der Waals surface area contributed by atoms with Crippen LogP contribution in [-0.2, 0) is 6.42 Å². The molecule has 0 spiro atoms. The second-order valence-electron chi connectivity index (χ2n) is 5.92. The molecule has 2 N–H and O–H groups in total. The minimum atomic E-state index is 0.539. The summed E-state index contributed by atoms with van der Waals surface area (Å²) in [5, 5.41) is 1.21. The van der Waals surface area contributed by atoms with Gasteiger partial charge in [-0.3, -0.25) is 0 Å². The van der Waals surface area contributed by atoms with E-state index in [0.717, 1.165) is 17.7 Å². The molecular weight excluding hydrogens is 294 g/mol. The Morgan fingerprint density at radius 2 is 1.79 bits per heavy atom. The highest BCUT2D eigenvalue weighted by Gasteiger charge is 2.11. The third kappa shape index (κ3) is 2.44. The summed E-state index contributed by atoms with van der Waals surface area (Å²) in [5.41, 5.74) is 11.8. The number of benzene rings is 2. The summed E-state index contributed by atoms with van der Waals surface area (Å²) >= 11 is 0. The molecular formula is C21H19N3. The predicted molar refractivity (Wildman–Crippen MR) is 100 cm³/mol. The fourth-order valence-electron chi connectivity index (χ4n) is 3.13. The van der Waals surface area contributed by atoms with Gasteiger partial charge >= 0.3 is 0 Å². The van der Waals surface area contributed by atoms with Gasteiger partial charge in [-0.1, -0.05) is 37.3 Å². The Bertz CT molecular complexity index is 997. The number of nitrogens with two attached hydrogens (primary N) is 1. The Morgan fingerprint density at radius 1 is 1.00 bits per heavy atom. The number of fused-ring (bicyclic) bond motifs is 1. The fourth-order valence-corrected chi connectivity index (χ4v) is 3.13. The third-order valence-electron chi connectivity index (χ3n) is 4.43. The molecule has 3 nitrogen and oxygen atoms in total. The van der Waals surface area contributed by atoms with Gasteiger partial charge in [0.05, 0.1) is 5.52 Å². The van der Waals surface area contributed by atoms with E-state index in [0.29, 0.717) is 5.82 Å². The average molecular weight is 313 g/mol. The van der Waals surface area contributed by atoms with Gasteiger partial charge in [-0.25, -0.2) is 4.98 Å². The summed E-state index contributed by atoms with van der Waals surface area (Å²) in [7, 11) is 0. The van der Waals surface area contributed by atoms with Crippen molar-refractivity contribution in [1.82, 2.24) is 9.55 Å². The molecule has 2 heterocycles. The van der Waals surface area contributed by atoms with Crippen molar-refractivity contribution in [2.24, 2.45) is 0 Å². The van der Waals surface area contributed by atoms with Gasteiger partial charge in [0.15, 0.2) is 0 Å². The molecule has 2 aromatic carbocycles. The number of aromatic nitrogens is 2. The maximum atomic E-state index is 5.87. The Labute approximate surface area is 141 Å².